The smallest absolute Gasteiger partial charge is 0.241 e. The summed E-state index contributed by atoms with van der Waals surface area (Å²) in [5.74, 6) is 1.34. The first-order valence-electron chi connectivity index (χ1n) is 9.97. The van der Waals surface area contributed by atoms with Gasteiger partial charge in [-0.3, -0.25) is 14.7 Å². The molecular formula is C21H20N6O2S2. The Balaban J connectivity index is 1.12. The van der Waals surface area contributed by atoms with Gasteiger partial charge in [-0.2, -0.15) is 4.98 Å². The molecule has 0 atom stereocenters. The zero-order valence-corrected chi connectivity index (χ0v) is 18.3. The molecule has 1 aliphatic heterocycles. The minimum absolute atomic E-state index is 0.107. The second-order valence-electron chi connectivity index (χ2n) is 7.18. The highest BCUT2D eigenvalue weighted by Gasteiger charge is 2.23. The van der Waals surface area contributed by atoms with Crippen LogP contribution in [0.4, 0.5) is 0 Å². The van der Waals surface area contributed by atoms with Crippen LogP contribution in [-0.4, -0.2) is 62.0 Å². The average Bonchev–Trinajstić information content (AvgIpc) is 3.57. The number of carbonyl (C=O) groups is 1. The Morgan fingerprint density at radius 2 is 1.97 bits per heavy atom. The molecule has 8 nitrogen and oxygen atoms in total. The minimum Gasteiger partial charge on any atom is -0.340 e. The number of carbonyl (C=O) groups excluding carboxylic acids is 1. The number of pyridine rings is 1. The van der Waals surface area contributed by atoms with Gasteiger partial charge in [0.15, 0.2) is 0 Å². The zero-order valence-electron chi connectivity index (χ0n) is 16.7. The Morgan fingerprint density at radius 3 is 2.74 bits per heavy atom. The fourth-order valence-corrected chi connectivity index (χ4v) is 4.88. The normalized spacial score (nSPS) is 14.8. The van der Waals surface area contributed by atoms with Gasteiger partial charge in [-0.1, -0.05) is 17.3 Å². The Hall–Kier alpha value is -2.95. The van der Waals surface area contributed by atoms with Crippen molar-refractivity contribution in [2.45, 2.75) is 13.0 Å². The van der Waals surface area contributed by atoms with Crippen molar-refractivity contribution >= 4 is 28.6 Å². The van der Waals surface area contributed by atoms with Gasteiger partial charge in [0.2, 0.25) is 17.6 Å². The van der Waals surface area contributed by atoms with E-state index < -0.39 is 0 Å². The molecule has 0 aliphatic carbocycles. The minimum atomic E-state index is 0.107. The Labute approximate surface area is 187 Å². The molecule has 4 aromatic heterocycles. The van der Waals surface area contributed by atoms with Crippen molar-refractivity contribution in [3.63, 3.8) is 0 Å². The molecule has 0 radical (unpaired) electrons. The summed E-state index contributed by atoms with van der Waals surface area (Å²) >= 11 is 3.11. The molecule has 10 heteroatoms. The van der Waals surface area contributed by atoms with Crippen LogP contribution in [-0.2, 0) is 17.8 Å². The Bertz CT molecular complexity index is 1130. The summed E-state index contributed by atoms with van der Waals surface area (Å²) in [7, 11) is 0. The molecule has 0 spiro atoms. The van der Waals surface area contributed by atoms with Crippen LogP contribution in [0, 0.1) is 0 Å². The monoisotopic (exact) mass is 452 g/mol. The third kappa shape index (κ3) is 4.71. The topological polar surface area (TPSA) is 88.3 Å². The van der Waals surface area contributed by atoms with Crippen molar-refractivity contribution in [1.82, 2.24) is 29.9 Å². The van der Waals surface area contributed by atoms with Crippen LogP contribution in [0.25, 0.3) is 21.4 Å². The third-order valence-corrected chi connectivity index (χ3v) is 6.84. The fraction of sp³-hybridized carbons (Fsp3) is 0.286. The van der Waals surface area contributed by atoms with Gasteiger partial charge in [0, 0.05) is 37.8 Å². The number of piperazine rings is 1. The van der Waals surface area contributed by atoms with Gasteiger partial charge in [0.05, 0.1) is 29.2 Å². The summed E-state index contributed by atoms with van der Waals surface area (Å²) in [6.45, 7) is 3.52. The van der Waals surface area contributed by atoms with Crippen LogP contribution in [0.1, 0.15) is 11.6 Å². The average molecular weight is 453 g/mol. The van der Waals surface area contributed by atoms with E-state index in [1.165, 1.54) is 11.3 Å². The third-order valence-electron chi connectivity index (χ3n) is 5.06. The summed E-state index contributed by atoms with van der Waals surface area (Å²) in [5, 5.41) is 8.84. The first-order chi connectivity index (χ1) is 15.2. The van der Waals surface area contributed by atoms with Gasteiger partial charge in [-0.15, -0.1) is 22.7 Å². The molecule has 0 saturated carbocycles. The molecule has 158 valence electrons. The number of hydrogen-bond donors (Lipinski definition) is 0. The standard InChI is InChI=1S/C21H20N6O2S2/c28-19(12-15-14-31-21(23-15)16-4-1-2-6-22-16)27-9-7-26(8-10-27)13-18-24-20(25-29-18)17-5-3-11-30-17/h1-6,11,14H,7-10,12-13H2. The molecule has 31 heavy (non-hydrogen) atoms. The van der Waals surface area contributed by atoms with E-state index in [0.717, 1.165) is 34.4 Å². The van der Waals surface area contributed by atoms with Crippen LogP contribution in [0.5, 0.6) is 0 Å². The summed E-state index contributed by atoms with van der Waals surface area (Å²) in [5.41, 5.74) is 1.63. The first-order valence-corrected chi connectivity index (χ1v) is 11.7. The van der Waals surface area contributed by atoms with Crippen LogP contribution < -0.4 is 0 Å². The number of thiophene rings is 1. The van der Waals surface area contributed by atoms with E-state index >= 15 is 0 Å². The molecule has 1 saturated heterocycles. The SMILES string of the molecule is O=C(Cc1csc(-c2ccccn2)n1)N1CCN(Cc2nc(-c3cccs3)no2)CC1. The van der Waals surface area contributed by atoms with Crippen molar-refractivity contribution in [1.29, 1.82) is 0 Å². The molecule has 1 fully saturated rings. The van der Waals surface area contributed by atoms with Crippen LogP contribution in [0.2, 0.25) is 0 Å². The largest absolute Gasteiger partial charge is 0.340 e. The molecule has 4 aromatic rings. The maximum absolute atomic E-state index is 12.7. The molecular weight excluding hydrogens is 432 g/mol. The molecule has 0 bridgehead atoms. The summed E-state index contributed by atoms with van der Waals surface area (Å²) < 4.78 is 5.39. The van der Waals surface area contributed by atoms with Crippen molar-refractivity contribution < 1.29 is 9.32 Å². The second kappa shape index (κ2) is 9.04. The van der Waals surface area contributed by atoms with Gasteiger partial charge >= 0.3 is 0 Å². The quantitative estimate of drug-likeness (QED) is 0.444. The van der Waals surface area contributed by atoms with E-state index in [2.05, 4.69) is 25.0 Å². The first kappa shape index (κ1) is 20.0. The highest BCUT2D eigenvalue weighted by atomic mass is 32.1. The van der Waals surface area contributed by atoms with Gasteiger partial charge < -0.3 is 9.42 Å². The molecule has 5 rings (SSSR count). The van der Waals surface area contributed by atoms with E-state index in [4.69, 9.17) is 4.52 Å². The lowest BCUT2D eigenvalue weighted by Gasteiger charge is -2.33. The highest BCUT2D eigenvalue weighted by molar-refractivity contribution is 7.13. The number of rotatable bonds is 6. The second-order valence-corrected chi connectivity index (χ2v) is 8.99. The Morgan fingerprint density at radius 1 is 1.06 bits per heavy atom. The lowest BCUT2D eigenvalue weighted by molar-refractivity contribution is -0.132. The van der Waals surface area contributed by atoms with Crippen molar-refractivity contribution in [3.05, 3.63) is 58.9 Å². The number of nitrogens with zero attached hydrogens (tertiary/aromatic N) is 6. The molecule has 0 unspecified atom stereocenters. The van der Waals surface area contributed by atoms with Crippen molar-refractivity contribution in [2.75, 3.05) is 26.2 Å². The number of amides is 1. The van der Waals surface area contributed by atoms with Crippen molar-refractivity contribution in [2.24, 2.45) is 0 Å². The van der Waals surface area contributed by atoms with E-state index in [-0.39, 0.29) is 5.91 Å². The predicted molar refractivity (Wildman–Crippen MR) is 119 cm³/mol. The fourth-order valence-electron chi connectivity index (χ4n) is 3.43. The van der Waals surface area contributed by atoms with Crippen LogP contribution in [0.3, 0.4) is 0 Å². The number of hydrogen-bond acceptors (Lipinski definition) is 9. The van der Waals surface area contributed by atoms with Crippen LogP contribution in [0.15, 0.2) is 51.8 Å². The van der Waals surface area contributed by atoms with Gasteiger partial charge in [0.1, 0.15) is 5.01 Å². The molecule has 0 N–H and O–H groups in total. The number of thiazole rings is 1. The van der Waals surface area contributed by atoms with Gasteiger partial charge in [0.25, 0.3) is 0 Å². The molecule has 1 aliphatic rings. The van der Waals surface area contributed by atoms with E-state index in [0.29, 0.717) is 37.8 Å². The predicted octanol–water partition coefficient (Wildman–Crippen LogP) is 3.20. The molecule has 0 aromatic carbocycles. The molecule has 5 heterocycles. The lowest BCUT2D eigenvalue weighted by atomic mass is 10.2. The lowest BCUT2D eigenvalue weighted by Crippen LogP contribution is -2.48. The van der Waals surface area contributed by atoms with E-state index in [9.17, 15) is 4.79 Å². The maximum Gasteiger partial charge on any atom is 0.241 e. The van der Waals surface area contributed by atoms with Crippen molar-refractivity contribution in [3.8, 4) is 21.4 Å². The van der Waals surface area contributed by atoms with Gasteiger partial charge in [-0.25, -0.2) is 4.98 Å². The van der Waals surface area contributed by atoms with E-state index in [1.54, 1.807) is 17.5 Å². The molecule has 1 amide bonds. The number of aromatic nitrogens is 4. The maximum atomic E-state index is 12.7. The summed E-state index contributed by atoms with van der Waals surface area (Å²) in [6.07, 6.45) is 2.06. The highest BCUT2D eigenvalue weighted by Crippen LogP contribution is 2.23. The Kier molecular flexibility index (Phi) is 5.83. The van der Waals surface area contributed by atoms with Gasteiger partial charge in [-0.05, 0) is 23.6 Å². The summed E-state index contributed by atoms with van der Waals surface area (Å²) in [6, 6.07) is 9.69. The van der Waals surface area contributed by atoms with E-state index in [1.807, 2.05) is 46.0 Å². The zero-order chi connectivity index (χ0) is 21.0. The summed E-state index contributed by atoms with van der Waals surface area (Å²) in [4.78, 5) is 31.2. The van der Waals surface area contributed by atoms with Crippen LogP contribution >= 0.6 is 22.7 Å².